The SMILES string of the molecule is C=C(CCCC[Si](C)(C)O[Si]12O[Si]3(c4ccccc4)O[Si]4(c5ccccc5)O[Si](c5ccccc5)(O1)O[Si]1(c5ccccc5)O[Si](c5ccccc5)(O2)O[Si](c2ccccc2)(O3)O[Si](c2ccccc2)(O4)O1)C(=O)O. The van der Waals surface area contributed by atoms with Crippen molar-refractivity contribution in [2.45, 2.75) is 38.4 Å². The van der Waals surface area contributed by atoms with Crippen LogP contribution >= 0.6 is 0 Å². The minimum Gasteiger partial charge on any atom is -0.478 e. The lowest BCUT2D eigenvalue weighted by Gasteiger charge is -2.62. The van der Waals surface area contributed by atoms with E-state index in [0.717, 1.165) is 0 Å². The van der Waals surface area contributed by atoms with Gasteiger partial charge in [0.15, 0.2) is 8.32 Å². The molecule has 0 atom stereocenters. The predicted molar refractivity (Wildman–Crippen MR) is 296 cm³/mol. The highest BCUT2D eigenvalue weighted by molar-refractivity contribution is 7.13. The molecule has 7 aromatic carbocycles. The molecule has 0 aromatic heterocycles. The van der Waals surface area contributed by atoms with E-state index in [0.29, 0.717) is 61.6 Å². The van der Waals surface area contributed by atoms with E-state index in [-0.39, 0.29) is 5.57 Å². The van der Waals surface area contributed by atoms with Gasteiger partial charge in [0.2, 0.25) is 0 Å². The average Bonchev–Trinajstić information content (AvgIpc) is 3.47. The second-order valence-corrected chi connectivity index (χ2v) is 46.6. The van der Waals surface area contributed by atoms with Crippen molar-refractivity contribution in [2.75, 3.05) is 0 Å². The summed E-state index contributed by atoms with van der Waals surface area (Å²) in [4.78, 5) is 11.8. The molecule has 75 heavy (non-hydrogen) atoms. The van der Waals surface area contributed by atoms with Crippen LogP contribution in [0, 0.1) is 0 Å². The van der Waals surface area contributed by atoms with Crippen LogP contribution in [0.4, 0.5) is 0 Å². The third-order valence-corrected chi connectivity index (χ3v) is 50.9. The number of rotatable bonds is 15. The van der Waals surface area contributed by atoms with Crippen LogP contribution in [0.25, 0.3) is 0 Å². The van der Waals surface area contributed by atoms with Gasteiger partial charge in [-0.1, -0.05) is 225 Å². The molecule has 0 aliphatic carbocycles. The van der Waals surface area contributed by atoms with Crippen molar-refractivity contribution in [1.82, 2.24) is 0 Å². The summed E-state index contributed by atoms with van der Waals surface area (Å²) in [5.74, 6) is -1.03. The molecule has 6 aliphatic heterocycles. The van der Waals surface area contributed by atoms with E-state index < -0.39 is 85.0 Å². The number of carbonyl (C=O) groups is 1. The van der Waals surface area contributed by atoms with Crippen molar-refractivity contribution in [1.29, 1.82) is 0 Å². The van der Waals surface area contributed by atoms with Crippen molar-refractivity contribution in [3.63, 3.8) is 0 Å². The van der Waals surface area contributed by atoms with Crippen molar-refractivity contribution in [2.24, 2.45) is 0 Å². The third kappa shape index (κ3) is 9.31. The second-order valence-electron chi connectivity index (χ2n) is 19.2. The topological polar surface area (TPSA) is 157 Å². The number of carboxylic acids is 1. The Balaban J connectivity index is 1.23. The van der Waals surface area contributed by atoms with Gasteiger partial charge in [0, 0.05) is 41.9 Å². The van der Waals surface area contributed by atoms with Crippen LogP contribution in [0.2, 0.25) is 19.1 Å². The highest BCUT2D eigenvalue weighted by Crippen LogP contribution is 2.49. The van der Waals surface area contributed by atoms with Gasteiger partial charge in [0.25, 0.3) is 0 Å². The Morgan fingerprint density at radius 1 is 0.387 bits per heavy atom. The average molecular weight is 1160 g/mol. The van der Waals surface area contributed by atoms with Crippen LogP contribution in [-0.4, -0.2) is 90.1 Å². The summed E-state index contributed by atoms with van der Waals surface area (Å²) < 4.78 is 105. The predicted octanol–water partition coefficient (Wildman–Crippen LogP) is 4.64. The van der Waals surface area contributed by atoms with E-state index in [2.05, 4.69) is 6.58 Å². The molecule has 1 N–H and O–H groups in total. The Hall–Kier alpha value is -4.82. The molecule has 6 aliphatic rings. The van der Waals surface area contributed by atoms with Gasteiger partial charge in [0.1, 0.15) is 0 Å². The minimum absolute atomic E-state index is 0.131. The fraction of sp³-hybridized carbons (Fsp3) is 0.118. The Morgan fingerprint density at radius 3 is 0.813 bits per heavy atom. The molecule has 6 fully saturated rings. The van der Waals surface area contributed by atoms with E-state index >= 15 is 0 Å². The molecule has 15 nitrogen and oxygen atoms in total. The minimum atomic E-state index is -5.14. The Morgan fingerprint density at radius 2 is 0.600 bits per heavy atom. The zero-order valence-corrected chi connectivity index (χ0v) is 49.9. The summed E-state index contributed by atoms with van der Waals surface area (Å²) in [7, 11) is -42.3. The zero-order valence-electron chi connectivity index (χ0n) is 40.9. The lowest BCUT2D eigenvalue weighted by atomic mass is 10.1. The fourth-order valence-corrected chi connectivity index (χ4v) is 59.4. The van der Waals surface area contributed by atoms with Crippen LogP contribution in [0.15, 0.2) is 224 Å². The summed E-state index contributed by atoms with van der Waals surface area (Å²) in [6, 6.07) is 66.7. The first kappa shape index (κ1) is 51.0. The molecular formula is C51H52O15Si9. The van der Waals surface area contributed by atoms with Crippen molar-refractivity contribution in [3.05, 3.63) is 224 Å². The van der Waals surface area contributed by atoms with Crippen molar-refractivity contribution >= 4 is 121 Å². The lowest BCUT2D eigenvalue weighted by Crippen LogP contribution is -2.96. The summed E-state index contributed by atoms with van der Waals surface area (Å²) in [5.41, 5.74) is 0.131. The molecule has 7 aromatic rings. The van der Waals surface area contributed by atoms with Gasteiger partial charge in [-0.15, -0.1) is 0 Å². The number of aliphatic carboxylic acids is 1. The van der Waals surface area contributed by atoms with Crippen LogP contribution in [0.3, 0.4) is 0 Å². The van der Waals surface area contributed by atoms with Gasteiger partial charge in [-0.25, -0.2) is 4.79 Å². The zero-order chi connectivity index (χ0) is 51.5. The largest absolute Gasteiger partial charge is 0.647 e. The maximum Gasteiger partial charge on any atom is 0.647 e. The molecule has 24 heteroatoms. The van der Waals surface area contributed by atoms with E-state index in [9.17, 15) is 9.90 Å². The number of hydrogen-bond donors (Lipinski definition) is 1. The van der Waals surface area contributed by atoms with Gasteiger partial charge in [-0.2, -0.15) is 0 Å². The van der Waals surface area contributed by atoms with Gasteiger partial charge >= 0.3 is 76.6 Å². The smallest absolute Gasteiger partial charge is 0.478 e. The van der Waals surface area contributed by atoms with Gasteiger partial charge in [-0.05, 0) is 32.0 Å². The van der Waals surface area contributed by atoms with Gasteiger partial charge < -0.3 is 58.6 Å². The molecule has 0 spiro atoms. The number of benzene rings is 7. The molecule has 6 saturated heterocycles. The van der Waals surface area contributed by atoms with Crippen LogP contribution in [-0.2, 0) is 58.3 Å². The number of carboxylic acid groups (broad SMARTS) is 1. The van der Waals surface area contributed by atoms with Crippen LogP contribution in [0.5, 0.6) is 0 Å². The van der Waals surface area contributed by atoms with Crippen molar-refractivity contribution < 1.29 is 63.4 Å². The Labute approximate surface area is 444 Å². The first-order valence-electron chi connectivity index (χ1n) is 24.7. The molecule has 382 valence electrons. The van der Waals surface area contributed by atoms with E-state index in [1.807, 2.05) is 225 Å². The lowest BCUT2D eigenvalue weighted by molar-refractivity contribution is -0.132. The van der Waals surface area contributed by atoms with Gasteiger partial charge in [0.05, 0.1) is 0 Å². The van der Waals surface area contributed by atoms with E-state index in [4.69, 9.17) is 53.5 Å². The maximum absolute atomic E-state index is 11.8. The van der Waals surface area contributed by atoms with E-state index in [1.54, 1.807) is 0 Å². The molecule has 0 amide bonds. The molecule has 6 heterocycles. The van der Waals surface area contributed by atoms with Crippen molar-refractivity contribution in [3.8, 4) is 0 Å². The Bertz CT molecular complexity index is 2890. The molecule has 0 saturated carbocycles. The summed E-state index contributed by atoms with van der Waals surface area (Å²) in [6.07, 6.45) is 1.43. The third-order valence-electron chi connectivity index (χ3n) is 13.3. The standard InChI is InChI=1S/C51H52O15Si9/c1-43(51(52)53)27-25-26-42-67(2,3)54-75-64-72(48-36-19-8-20-37-48)58-69(45-30-13-5-14-31-45)55-68(44-28-11-4-12-29-44)56-70(60-72,46-32-15-6-16-33-46)62-74(66-75,50-40-23-10-24-41-50)63-71(57-68,47-34-17-7-18-35-47)61-73(59-69,65-75)49-38-21-9-22-39-49/h4-24,28-41H,1,25-27,42H2,2-3H3,(H,52,53). The molecule has 13 rings (SSSR count). The van der Waals surface area contributed by atoms with Crippen LogP contribution in [0.1, 0.15) is 19.3 Å². The monoisotopic (exact) mass is 1160 g/mol. The van der Waals surface area contributed by atoms with Crippen LogP contribution < -0.4 is 36.3 Å². The van der Waals surface area contributed by atoms with E-state index in [1.165, 1.54) is 0 Å². The molecule has 0 radical (unpaired) electrons. The maximum atomic E-state index is 11.8. The summed E-state index contributed by atoms with van der Waals surface area (Å²) in [6.45, 7) is 7.87. The normalized spacial score (nSPS) is 31.8. The second kappa shape index (κ2) is 19.6. The molecular weight excluding hydrogens is 1110 g/mol. The first-order valence-corrected chi connectivity index (χ1v) is 41.5. The number of hydrogen-bond acceptors (Lipinski definition) is 14. The highest BCUT2D eigenvalue weighted by atomic mass is 28.6. The number of unbranched alkanes of at least 4 members (excludes halogenated alkanes) is 1. The first-order chi connectivity index (χ1) is 36.3. The molecule has 8 bridgehead atoms. The Kier molecular flexibility index (Phi) is 13.3. The summed E-state index contributed by atoms with van der Waals surface area (Å²) >= 11 is 0. The summed E-state index contributed by atoms with van der Waals surface area (Å²) in [5, 5.41) is 13.2. The fourth-order valence-electron chi connectivity index (χ4n) is 9.77. The highest BCUT2D eigenvalue weighted by Gasteiger charge is 2.87. The molecule has 0 unspecified atom stereocenters. The van der Waals surface area contributed by atoms with Gasteiger partial charge in [-0.3, -0.25) is 0 Å². The quantitative estimate of drug-likeness (QED) is 0.0860.